The Morgan fingerprint density at radius 2 is 2.00 bits per heavy atom. The Bertz CT molecular complexity index is 328. The average Bonchev–Trinajstić information content (AvgIpc) is 2.33. The van der Waals surface area contributed by atoms with Crippen molar-refractivity contribution in [2.75, 3.05) is 26.3 Å². The van der Waals surface area contributed by atoms with Gasteiger partial charge in [0.05, 0.1) is 25.2 Å². The van der Waals surface area contributed by atoms with Crippen molar-refractivity contribution in [3.8, 4) is 0 Å². The van der Waals surface area contributed by atoms with E-state index in [2.05, 4.69) is 5.32 Å². The van der Waals surface area contributed by atoms with Gasteiger partial charge in [-0.25, -0.2) is 0 Å². The van der Waals surface area contributed by atoms with Crippen molar-refractivity contribution >= 4 is 11.9 Å². The van der Waals surface area contributed by atoms with Gasteiger partial charge >= 0.3 is 5.97 Å². The maximum atomic E-state index is 12.1. The molecule has 1 amide bonds. The summed E-state index contributed by atoms with van der Waals surface area (Å²) in [5, 5.41) is 12.1. The number of aliphatic carboxylic acids is 1. The third kappa shape index (κ3) is 2.81. The summed E-state index contributed by atoms with van der Waals surface area (Å²) in [5.74, 6) is -1.08. The van der Waals surface area contributed by atoms with E-state index < -0.39 is 5.97 Å². The number of carboxylic acids is 1. The zero-order valence-corrected chi connectivity index (χ0v) is 10.6. The van der Waals surface area contributed by atoms with Crippen LogP contribution in [0.4, 0.5) is 0 Å². The van der Waals surface area contributed by atoms with Gasteiger partial charge in [-0.05, 0) is 19.8 Å². The monoisotopic (exact) mass is 256 g/mol. The summed E-state index contributed by atoms with van der Waals surface area (Å²) < 4.78 is 5.20. The Balaban J connectivity index is 1.81. The Kier molecular flexibility index (Phi) is 4.19. The molecule has 0 bridgehead atoms. The highest BCUT2D eigenvalue weighted by Gasteiger charge is 2.38. The fourth-order valence-corrected chi connectivity index (χ4v) is 2.45. The standard InChI is InChI=1S/C12H20N2O4/c1-8(11(15)14-4-6-18-7-5-14)13-10-3-2-9(10)12(16)17/h8-10,13H,2-7H2,1H3,(H,16,17). The molecule has 18 heavy (non-hydrogen) atoms. The minimum absolute atomic E-state index is 0.0364. The lowest BCUT2D eigenvalue weighted by atomic mass is 9.79. The number of carboxylic acid groups (broad SMARTS) is 1. The summed E-state index contributed by atoms with van der Waals surface area (Å²) in [6, 6.07) is -0.391. The van der Waals surface area contributed by atoms with Crippen LogP contribution in [0.15, 0.2) is 0 Å². The van der Waals surface area contributed by atoms with Gasteiger partial charge in [-0.3, -0.25) is 9.59 Å². The quantitative estimate of drug-likeness (QED) is 0.721. The van der Waals surface area contributed by atoms with Gasteiger partial charge in [-0.1, -0.05) is 0 Å². The normalized spacial score (nSPS) is 29.5. The van der Waals surface area contributed by atoms with Crippen molar-refractivity contribution in [2.45, 2.75) is 31.8 Å². The van der Waals surface area contributed by atoms with Crippen molar-refractivity contribution in [3.63, 3.8) is 0 Å². The van der Waals surface area contributed by atoms with Gasteiger partial charge in [0.2, 0.25) is 5.91 Å². The largest absolute Gasteiger partial charge is 0.481 e. The Morgan fingerprint density at radius 1 is 1.33 bits per heavy atom. The molecule has 0 aromatic heterocycles. The molecule has 0 aromatic rings. The van der Waals surface area contributed by atoms with Crippen LogP contribution in [0, 0.1) is 5.92 Å². The summed E-state index contributed by atoms with van der Waals surface area (Å²) in [4.78, 5) is 24.8. The van der Waals surface area contributed by atoms with Crippen molar-refractivity contribution in [3.05, 3.63) is 0 Å². The number of carbonyl (C=O) groups is 2. The molecular weight excluding hydrogens is 236 g/mol. The van der Waals surface area contributed by atoms with Crippen molar-refractivity contribution in [1.29, 1.82) is 0 Å². The number of hydrogen-bond donors (Lipinski definition) is 2. The molecule has 2 N–H and O–H groups in total. The van der Waals surface area contributed by atoms with E-state index in [1.165, 1.54) is 0 Å². The summed E-state index contributed by atoms with van der Waals surface area (Å²) in [6.07, 6.45) is 1.53. The van der Waals surface area contributed by atoms with E-state index in [0.29, 0.717) is 32.7 Å². The molecule has 3 atom stereocenters. The smallest absolute Gasteiger partial charge is 0.308 e. The summed E-state index contributed by atoms with van der Waals surface area (Å²) in [7, 11) is 0. The van der Waals surface area contributed by atoms with Crippen LogP contribution >= 0.6 is 0 Å². The van der Waals surface area contributed by atoms with Crippen LogP contribution in [0.3, 0.4) is 0 Å². The highest BCUT2D eigenvalue weighted by molar-refractivity contribution is 5.81. The van der Waals surface area contributed by atoms with Crippen LogP contribution in [0.5, 0.6) is 0 Å². The second kappa shape index (κ2) is 5.67. The molecular formula is C12H20N2O4. The number of nitrogens with one attached hydrogen (secondary N) is 1. The Morgan fingerprint density at radius 3 is 2.50 bits per heavy atom. The maximum absolute atomic E-state index is 12.1. The molecule has 1 saturated heterocycles. The van der Waals surface area contributed by atoms with Crippen molar-refractivity contribution in [1.82, 2.24) is 10.2 Å². The molecule has 2 fully saturated rings. The lowest BCUT2D eigenvalue weighted by molar-refractivity contribution is -0.147. The van der Waals surface area contributed by atoms with Crippen LogP contribution in [-0.2, 0) is 14.3 Å². The number of morpholine rings is 1. The lowest BCUT2D eigenvalue weighted by Crippen LogP contribution is -2.56. The third-order valence-corrected chi connectivity index (χ3v) is 3.75. The van der Waals surface area contributed by atoms with Crippen LogP contribution in [-0.4, -0.2) is 60.3 Å². The van der Waals surface area contributed by atoms with Gasteiger partial charge in [0, 0.05) is 19.1 Å². The topological polar surface area (TPSA) is 78.9 Å². The molecule has 1 heterocycles. The number of amides is 1. The number of ether oxygens (including phenoxy) is 1. The first-order valence-electron chi connectivity index (χ1n) is 6.45. The van der Waals surface area contributed by atoms with Gasteiger partial charge in [-0.15, -0.1) is 0 Å². The summed E-state index contributed by atoms with van der Waals surface area (Å²) in [6.45, 7) is 4.21. The molecule has 0 radical (unpaired) electrons. The molecule has 1 aliphatic heterocycles. The fraction of sp³-hybridized carbons (Fsp3) is 0.833. The van der Waals surface area contributed by atoms with Crippen molar-refractivity contribution in [2.24, 2.45) is 5.92 Å². The third-order valence-electron chi connectivity index (χ3n) is 3.75. The van der Waals surface area contributed by atoms with Crippen LogP contribution < -0.4 is 5.32 Å². The number of rotatable bonds is 4. The number of hydrogen-bond acceptors (Lipinski definition) is 4. The Labute approximate surface area is 106 Å². The fourth-order valence-electron chi connectivity index (χ4n) is 2.45. The van der Waals surface area contributed by atoms with E-state index in [1.54, 1.807) is 11.8 Å². The minimum atomic E-state index is -0.773. The number of nitrogens with zero attached hydrogens (tertiary/aromatic N) is 1. The number of carbonyl (C=O) groups excluding carboxylic acids is 1. The molecule has 1 saturated carbocycles. The average molecular weight is 256 g/mol. The second-order valence-corrected chi connectivity index (χ2v) is 4.95. The molecule has 1 aliphatic carbocycles. The first-order chi connectivity index (χ1) is 8.59. The van der Waals surface area contributed by atoms with Crippen LogP contribution in [0.1, 0.15) is 19.8 Å². The van der Waals surface area contributed by atoms with E-state index in [1.807, 2.05) is 0 Å². The molecule has 0 spiro atoms. The SMILES string of the molecule is CC(NC1CCC1C(=O)O)C(=O)N1CCOCC1. The van der Waals surface area contributed by atoms with E-state index >= 15 is 0 Å². The molecule has 0 aromatic carbocycles. The van der Waals surface area contributed by atoms with E-state index in [0.717, 1.165) is 6.42 Å². The predicted molar refractivity (Wildman–Crippen MR) is 64.1 cm³/mol. The second-order valence-electron chi connectivity index (χ2n) is 4.95. The summed E-state index contributed by atoms with van der Waals surface area (Å²) >= 11 is 0. The predicted octanol–water partition coefficient (Wildman–Crippen LogP) is -0.313. The molecule has 2 rings (SSSR count). The minimum Gasteiger partial charge on any atom is -0.481 e. The highest BCUT2D eigenvalue weighted by atomic mass is 16.5. The van der Waals surface area contributed by atoms with Gasteiger partial charge in [0.15, 0.2) is 0 Å². The molecule has 3 unspecified atom stereocenters. The first kappa shape index (κ1) is 13.3. The van der Waals surface area contributed by atoms with Crippen molar-refractivity contribution < 1.29 is 19.4 Å². The zero-order valence-electron chi connectivity index (χ0n) is 10.6. The van der Waals surface area contributed by atoms with Crippen LogP contribution in [0.2, 0.25) is 0 Å². The van der Waals surface area contributed by atoms with Crippen LogP contribution in [0.25, 0.3) is 0 Å². The van der Waals surface area contributed by atoms with Gasteiger partial charge in [0.25, 0.3) is 0 Å². The molecule has 6 nitrogen and oxygen atoms in total. The van der Waals surface area contributed by atoms with E-state index in [-0.39, 0.29) is 23.9 Å². The van der Waals surface area contributed by atoms with E-state index in [9.17, 15) is 9.59 Å². The van der Waals surface area contributed by atoms with Gasteiger partial charge in [0.1, 0.15) is 0 Å². The maximum Gasteiger partial charge on any atom is 0.308 e. The van der Waals surface area contributed by atoms with Gasteiger partial charge in [-0.2, -0.15) is 0 Å². The zero-order chi connectivity index (χ0) is 13.1. The van der Waals surface area contributed by atoms with Gasteiger partial charge < -0.3 is 20.1 Å². The highest BCUT2D eigenvalue weighted by Crippen LogP contribution is 2.28. The van der Waals surface area contributed by atoms with E-state index in [4.69, 9.17) is 9.84 Å². The molecule has 102 valence electrons. The molecule has 2 aliphatic rings. The summed E-state index contributed by atoms with van der Waals surface area (Å²) in [5.41, 5.74) is 0. The molecule has 6 heteroatoms. The lowest BCUT2D eigenvalue weighted by Gasteiger charge is -2.37. The Hall–Kier alpha value is -1.14. The first-order valence-corrected chi connectivity index (χ1v) is 6.45.